The highest BCUT2D eigenvalue weighted by Crippen LogP contribution is 2.17. The molecule has 2 aromatic carbocycles. The number of benzene rings is 2. The van der Waals surface area contributed by atoms with Crippen molar-refractivity contribution in [2.75, 3.05) is 33.3 Å². The number of halogens is 1. The minimum Gasteiger partial charge on any atom is -0.497 e. The summed E-state index contributed by atoms with van der Waals surface area (Å²) in [5.74, 6) is 0.816. The minimum atomic E-state index is 0.0926. The van der Waals surface area contributed by atoms with Gasteiger partial charge in [-0.05, 0) is 64.9 Å². The van der Waals surface area contributed by atoms with E-state index < -0.39 is 0 Å². The normalized spacial score (nSPS) is 15.7. The summed E-state index contributed by atoms with van der Waals surface area (Å²) in [5.41, 5.74) is 2.03. The molecular weight excluding hydrogens is 427 g/mol. The summed E-state index contributed by atoms with van der Waals surface area (Å²) in [7, 11) is 1.62. The Morgan fingerprint density at radius 3 is 2.72 bits per heavy atom. The van der Waals surface area contributed by atoms with Crippen LogP contribution in [0.2, 0.25) is 0 Å². The Balaban J connectivity index is 1.61. The number of methoxy groups -OCH3 is 1. The first-order chi connectivity index (χ1) is 12.2. The van der Waals surface area contributed by atoms with Crippen LogP contribution in [-0.2, 0) is 6.54 Å². The average Bonchev–Trinajstić information content (AvgIpc) is 2.87. The predicted molar refractivity (Wildman–Crippen MR) is 108 cm³/mol. The standard InChI is InChI=1S/C20H23IN2O2/c1-25-19-8-3-6-17(14-19)20(24)23-10-4-9-22(11-12-23)15-16-5-2-7-18(21)13-16/h2-3,5-8,13-14H,4,9-12,15H2,1H3. The Morgan fingerprint density at radius 1 is 1.08 bits per heavy atom. The smallest absolute Gasteiger partial charge is 0.254 e. The van der Waals surface area contributed by atoms with Crippen LogP contribution in [0, 0.1) is 3.57 Å². The van der Waals surface area contributed by atoms with Gasteiger partial charge in [0, 0.05) is 41.9 Å². The highest BCUT2D eigenvalue weighted by Gasteiger charge is 2.20. The molecule has 1 aliphatic heterocycles. The van der Waals surface area contributed by atoms with E-state index in [4.69, 9.17) is 4.74 Å². The number of nitrogens with zero attached hydrogens (tertiary/aromatic N) is 2. The van der Waals surface area contributed by atoms with Crippen LogP contribution in [0.25, 0.3) is 0 Å². The van der Waals surface area contributed by atoms with Gasteiger partial charge in [0.15, 0.2) is 0 Å². The van der Waals surface area contributed by atoms with Crippen LogP contribution in [0.4, 0.5) is 0 Å². The van der Waals surface area contributed by atoms with Gasteiger partial charge in [0.25, 0.3) is 5.91 Å². The average molecular weight is 450 g/mol. The molecule has 1 aliphatic rings. The Morgan fingerprint density at radius 2 is 1.92 bits per heavy atom. The van der Waals surface area contributed by atoms with Crippen LogP contribution in [0.1, 0.15) is 22.3 Å². The molecule has 0 radical (unpaired) electrons. The zero-order valence-corrected chi connectivity index (χ0v) is 16.6. The van der Waals surface area contributed by atoms with E-state index in [2.05, 4.69) is 51.8 Å². The lowest BCUT2D eigenvalue weighted by atomic mass is 10.2. The van der Waals surface area contributed by atoms with Crippen molar-refractivity contribution < 1.29 is 9.53 Å². The van der Waals surface area contributed by atoms with E-state index in [1.807, 2.05) is 29.2 Å². The molecule has 0 aliphatic carbocycles. The summed E-state index contributed by atoms with van der Waals surface area (Å²) in [5, 5.41) is 0. The largest absolute Gasteiger partial charge is 0.497 e. The molecule has 0 N–H and O–H groups in total. The molecule has 0 bridgehead atoms. The molecule has 1 heterocycles. The van der Waals surface area contributed by atoms with Crippen molar-refractivity contribution in [2.45, 2.75) is 13.0 Å². The second-order valence-corrected chi connectivity index (χ2v) is 7.53. The van der Waals surface area contributed by atoms with Crippen LogP contribution in [-0.4, -0.2) is 49.0 Å². The van der Waals surface area contributed by atoms with E-state index >= 15 is 0 Å². The van der Waals surface area contributed by atoms with Gasteiger partial charge in [0.2, 0.25) is 0 Å². The molecule has 0 aromatic heterocycles. The lowest BCUT2D eigenvalue weighted by Crippen LogP contribution is -2.35. The van der Waals surface area contributed by atoms with Crippen molar-refractivity contribution in [3.8, 4) is 5.75 Å². The molecule has 2 aromatic rings. The van der Waals surface area contributed by atoms with Crippen LogP contribution < -0.4 is 4.74 Å². The molecule has 0 atom stereocenters. The summed E-state index contributed by atoms with van der Waals surface area (Å²) in [4.78, 5) is 17.2. The van der Waals surface area contributed by atoms with Crippen LogP contribution in [0.15, 0.2) is 48.5 Å². The molecule has 5 heteroatoms. The molecule has 132 valence electrons. The molecule has 25 heavy (non-hydrogen) atoms. The maximum atomic E-state index is 12.8. The lowest BCUT2D eigenvalue weighted by Gasteiger charge is -2.22. The number of hydrogen-bond acceptors (Lipinski definition) is 3. The van der Waals surface area contributed by atoms with Gasteiger partial charge in [0.05, 0.1) is 7.11 Å². The van der Waals surface area contributed by atoms with Crippen LogP contribution in [0.5, 0.6) is 5.75 Å². The zero-order valence-electron chi connectivity index (χ0n) is 14.5. The van der Waals surface area contributed by atoms with E-state index in [1.54, 1.807) is 7.11 Å². The number of carbonyl (C=O) groups is 1. The quantitative estimate of drug-likeness (QED) is 0.667. The molecule has 3 rings (SSSR count). The van der Waals surface area contributed by atoms with Crippen LogP contribution >= 0.6 is 22.6 Å². The second kappa shape index (κ2) is 8.67. The van der Waals surface area contributed by atoms with E-state index in [1.165, 1.54) is 9.13 Å². The Kier molecular flexibility index (Phi) is 6.31. The van der Waals surface area contributed by atoms with E-state index in [-0.39, 0.29) is 5.91 Å². The van der Waals surface area contributed by atoms with E-state index in [9.17, 15) is 4.79 Å². The molecule has 0 unspecified atom stereocenters. The number of amides is 1. The summed E-state index contributed by atoms with van der Waals surface area (Å²) < 4.78 is 6.49. The summed E-state index contributed by atoms with van der Waals surface area (Å²) in [6.07, 6.45) is 1.000. The van der Waals surface area contributed by atoms with Gasteiger partial charge in [-0.1, -0.05) is 18.2 Å². The maximum absolute atomic E-state index is 12.8. The Hall–Kier alpha value is -1.60. The fraction of sp³-hybridized carbons (Fsp3) is 0.350. The Bertz CT molecular complexity index is 735. The van der Waals surface area contributed by atoms with E-state index in [0.717, 1.165) is 44.9 Å². The van der Waals surface area contributed by atoms with Gasteiger partial charge >= 0.3 is 0 Å². The predicted octanol–water partition coefficient (Wildman–Crippen LogP) is 3.65. The SMILES string of the molecule is COc1cccc(C(=O)N2CCCN(Cc3cccc(I)c3)CC2)c1. The first-order valence-corrected chi connectivity index (χ1v) is 9.64. The van der Waals surface area contributed by atoms with Crippen molar-refractivity contribution in [3.63, 3.8) is 0 Å². The van der Waals surface area contributed by atoms with Crippen LogP contribution in [0.3, 0.4) is 0 Å². The summed E-state index contributed by atoms with van der Waals surface area (Å²) >= 11 is 2.35. The van der Waals surface area contributed by atoms with Crippen molar-refractivity contribution in [3.05, 3.63) is 63.2 Å². The second-order valence-electron chi connectivity index (χ2n) is 6.28. The number of carbonyl (C=O) groups excluding carboxylic acids is 1. The first kappa shape index (κ1) is 18.2. The third kappa shape index (κ3) is 4.95. The molecular formula is C20H23IN2O2. The van der Waals surface area contributed by atoms with Crippen molar-refractivity contribution in [2.24, 2.45) is 0 Å². The van der Waals surface area contributed by atoms with Gasteiger partial charge in [0.1, 0.15) is 5.75 Å². The molecule has 0 saturated carbocycles. The fourth-order valence-electron chi connectivity index (χ4n) is 3.16. The third-order valence-electron chi connectivity index (χ3n) is 4.49. The maximum Gasteiger partial charge on any atom is 0.254 e. The van der Waals surface area contributed by atoms with Crippen molar-refractivity contribution in [1.29, 1.82) is 0 Å². The molecule has 1 saturated heterocycles. The zero-order chi connectivity index (χ0) is 17.6. The van der Waals surface area contributed by atoms with Crippen molar-refractivity contribution in [1.82, 2.24) is 9.80 Å². The minimum absolute atomic E-state index is 0.0926. The highest BCUT2D eigenvalue weighted by molar-refractivity contribution is 14.1. The first-order valence-electron chi connectivity index (χ1n) is 8.56. The fourth-order valence-corrected chi connectivity index (χ4v) is 3.77. The molecule has 0 spiro atoms. The number of hydrogen-bond donors (Lipinski definition) is 0. The highest BCUT2D eigenvalue weighted by atomic mass is 127. The lowest BCUT2D eigenvalue weighted by molar-refractivity contribution is 0.0760. The number of ether oxygens (including phenoxy) is 1. The van der Waals surface area contributed by atoms with Crippen molar-refractivity contribution >= 4 is 28.5 Å². The number of rotatable bonds is 4. The van der Waals surface area contributed by atoms with Gasteiger partial charge in [-0.2, -0.15) is 0 Å². The summed E-state index contributed by atoms with van der Waals surface area (Å²) in [6.45, 7) is 4.44. The molecule has 1 fully saturated rings. The van der Waals surface area contributed by atoms with Gasteiger partial charge in [-0.25, -0.2) is 0 Å². The third-order valence-corrected chi connectivity index (χ3v) is 5.16. The topological polar surface area (TPSA) is 32.8 Å². The molecule has 1 amide bonds. The Labute approximate surface area is 162 Å². The van der Waals surface area contributed by atoms with Gasteiger partial charge < -0.3 is 9.64 Å². The molecule has 4 nitrogen and oxygen atoms in total. The van der Waals surface area contributed by atoms with E-state index in [0.29, 0.717) is 5.56 Å². The summed E-state index contributed by atoms with van der Waals surface area (Å²) in [6, 6.07) is 16.0. The van der Waals surface area contributed by atoms with Gasteiger partial charge in [-0.15, -0.1) is 0 Å². The van der Waals surface area contributed by atoms with Gasteiger partial charge in [-0.3, -0.25) is 9.69 Å². The monoisotopic (exact) mass is 450 g/mol.